The van der Waals surface area contributed by atoms with E-state index in [1.54, 1.807) is 0 Å². The smallest absolute Gasteiger partial charge is 0.136 e. The van der Waals surface area contributed by atoms with E-state index in [1.807, 2.05) is 23.5 Å². The first-order valence-electron chi connectivity index (χ1n) is 23.5. The highest BCUT2D eigenvalue weighted by Crippen LogP contribution is 2.44. The molecule has 0 saturated carbocycles. The van der Waals surface area contributed by atoms with Crippen LogP contribution in [0, 0.1) is 5.92 Å². The van der Waals surface area contributed by atoms with Crippen LogP contribution < -0.4 is 4.90 Å². The van der Waals surface area contributed by atoms with E-state index in [2.05, 4.69) is 236 Å². The van der Waals surface area contributed by atoms with Gasteiger partial charge in [-0.1, -0.05) is 171 Å². The SMILES string of the molecule is CC1Cc2c(sc3ccccc23)C=C1c1ccc(N(c2ccc(-c3ccc(-c4cccc(-c5ccc6ccccc6c5)c4)cc3)cc2)c2ccc(-c3cccc4oc5ccccc5c34)cc2)cc1. The van der Waals surface area contributed by atoms with Crippen LogP contribution in [0.15, 0.2) is 235 Å². The number of rotatable bonds is 8. The summed E-state index contributed by atoms with van der Waals surface area (Å²) >= 11 is 1.91. The first kappa shape index (κ1) is 40.1. The summed E-state index contributed by atoms with van der Waals surface area (Å²) in [7, 11) is 0. The van der Waals surface area contributed by atoms with Gasteiger partial charge in [-0.05, 0) is 163 Å². The number of fused-ring (bicyclic) bond motifs is 7. The van der Waals surface area contributed by atoms with Crippen molar-refractivity contribution in [2.75, 3.05) is 4.90 Å². The maximum atomic E-state index is 6.27. The molecule has 0 saturated heterocycles. The summed E-state index contributed by atoms with van der Waals surface area (Å²) in [4.78, 5) is 3.77. The normalized spacial score (nSPS) is 13.5. The standard InChI is InChI=1S/C65H45NOS/c1-42-38-60-57-14-5-7-19-63(57)68-64(60)41-59(42)48-30-36-55(37-31-48)66(54-34-28-47(29-35-54)56-16-9-18-62-65(56)58-15-4-6-17-61(58)67-62)53-32-26-45(27-33-53)44-20-22-46(23-21-44)50-12-8-13-51(39-50)52-25-24-43-10-2-3-11-49(43)40-52/h2-37,39-42H,38H2,1H3. The molecule has 1 atom stereocenters. The largest absolute Gasteiger partial charge is 0.456 e. The van der Waals surface area contributed by atoms with E-state index in [4.69, 9.17) is 4.42 Å². The molecule has 12 aromatic rings. The lowest BCUT2D eigenvalue weighted by Gasteiger charge is -2.27. The molecule has 10 aromatic carbocycles. The summed E-state index contributed by atoms with van der Waals surface area (Å²) in [6.45, 7) is 2.37. The van der Waals surface area contributed by atoms with Crippen molar-refractivity contribution in [1.29, 1.82) is 0 Å². The lowest BCUT2D eigenvalue weighted by molar-refractivity contribution is 0.669. The zero-order valence-electron chi connectivity index (χ0n) is 37.6. The molecule has 13 rings (SSSR count). The van der Waals surface area contributed by atoms with Gasteiger partial charge in [0.25, 0.3) is 0 Å². The number of benzene rings is 10. The quantitative estimate of drug-likeness (QED) is 0.151. The lowest BCUT2D eigenvalue weighted by Crippen LogP contribution is -2.11. The summed E-state index contributed by atoms with van der Waals surface area (Å²) < 4.78 is 7.64. The fraction of sp³-hybridized carbons (Fsp3) is 0.0462. The van der Waals surface area contributed by atoms with E-state index in [-0.39, 0.29) is 0 Å². The third-order valence-electron chi connectivity index (χ3n) is 14.0. The van der Waals surface area contributed by atoms with Gasteiger partial charge in [0.05, 0.1) is 0 Å². The van der Waals surface area contributed by atoms with E-state index < -0.39 is 0 Å². The molecule has 0 bridgehead atoms. The molecular formula is C65H45NOS. The van der Waals surface area contributed by atoms with E-state index in [1.165, 1.54) is 81.4 Å². The summed E-state index contributed by atoms with van der Waals surface area (Å²) in [6, 6.07) is 83.9. The minimum atomic E-state index is 0.425. The Labute approximate surface area is 400 Å². The fourth-order valence-corrected chi connectivity index (χ4v) is 11.7. The summed E-state index contributed by atoms with van der Waals surface area (Å²) in [6.07, 6.45) is 3.50. The number of allylic oxidation sites excluding steroid dienone is 1. The van der Waals surface area contributed by atoms with Gasteiger partial charge in [0.1, 0.15) is 11.2 Å². The van der Waals surface area contributed by atoms with Crippen LogP contribution in [0.2, 0.25) is 0 Å². The van der Waals surface area contributed by atoms with Crippen LogP contribution in [-0.4, -0.2) is 0 Å². The molecule has 2 nitrogen and oxygen atoms in total. The molecule has 1 aliphatic carbocycles. The van der Waals surface area contributed by atoms with E-state index >= 15 is 0 Å². The molecule has 0 aliphatic heterocycles. The first-order chi connectivity index (χ1) is 33.6. The molecule has 0 fully saturated rings. The van der Waals surface area contributed by atoms with E-state index in [0.717, 1.165) is 51.0 Å². The Balaban J connectivity index is 0.827. The molecular weight excluding hydrogens is 843 g/mol. The van der Waals surface area contributed by atoms with Gasteiger partial charge in [0.15, 0.2) is 0 Å². The highest BCUT2D eigenvalue weighted by molar-refractivity contribution is 7.20. The van der Waals surface area contributed by atoms with Crippen molar-refractivity contribution in [1.82, 2.24) is 0 Å². The van der Waals surface area contributed by atoms with Crippen LogP contribution >= 0.6 is 11.3 Å². The number of nitrogens with zero attached hydrogens (tertiary/aromatic N) is 1. The topological polar surface area (TPSA) is 16.4 Å². The predicted octanol–water partition coefficient (Wildman–Crippen LogP) is 18.8. The van der Waals surface area contributed by atoms with Gasteiger partial charge in [-0.25, -0.2) is 0 Å². The second-order valence-electron chi connectivity index (χ2n) is 18.1. The van der Waals surface area contributed by atoms with Crippen molar-refractivity contribution in [3.05, 3.63) is 247 Å². The molecule has 1 unspecified atom stereocenters. The molecule has 0 spiro atoms. The van der Waals surface area contributed by atoms with Crippen LogP contribution in [0.3, 0.4) is 0 Å². The minimum Gasteiger partial charge on any atom is -0.456 e. The van der Waals surface area contributed by atoms with Gasteiger partial charge in [-0.3, -0.25) is 0 Å². The minimum absolute atomic E-state index is 0.425. The van der Waals surface area contributed by atoms with Crippen molar-refractivity contribution < 1.29 is 4.42 Å². The number of hydrogen-bond donors (Lipinski definition) is 0. The lowest BCUT2D eigenvalue weighted by atomic mass is 9.83. The van der Waals surface area contributed by atoms with Gasteiger partial charge < -0.3 is 9.32 Å². The van der Waals surface area contributed by atoms with Crippen molar-refractivity contribution in [3.63, 3.8) is 0 Å². The highest BCUT2D eigenvalue weighted by atomic mass is 32.1. The summed E-state index contributed by atoms with van der Waals surface area (Å²) in [5, 5.41) is 6.21. The molecule has 68 heavy (non-hydrogen) atoms. The van der Waals surface area contributed by atoms with Crippen molar-refractivity contribution in [2.45, 2.75) is 13.3 Å². The van der Waals surface area contributed by atoms with E-state index in [0.29, 0.717) is 5.92 Å². The van der Waals surface area contributed by atoms with Gasteiger partial charge in [0, 0.05) is 37.4 Å². The van der Waals surface area contributed by atoms with Crippen molar-refractivity contribution in [2.24, 2.45) is 5.92 Å². The van der Waals surface area contributed by atoms with Crippen LogP contribution in [0.5, 0.6) is 0 Å². The van der Waals surface area contributed by atoms with Crippen molar-refractivity contribution >= 4 is 82.8 Å². The molecule has 3 heteroatoms. The molecule has 0 amide bonds. The number of anilines is 3. The van der Waals surface area contributed by atoms with Gasteiger partial charge >= 0.3 is 0 Å². The number of para-hydroxylation sites is 1. The second-order valence-corrected chi connectivity index (χ2v) is 19.2. The maximum Gasteiger partial charge on any atom is 0.136 e. The zero-order valence-corrected chi connectivity index (χ0v) is 38.4. The second kappa shape index (κ2) is 16.6. The fourth-order valence-electron chi connectivity index (χ4n) is 10.5. The molecule has 2 aromatic heterocycles. The molecule has 2 heterocycles. The third-order valence-corrected chi connectivity index (χ3v) is 15.1. The van der Waals surface area contributed by atoms with Gasteiger partial charge in [0.2, 0.25) is 0 Å². The maximum absolute atomic E-state index is 6.27. The van der Waals surface area contributed by atoms with Gasteiger partial charge in [-0.15, -0.1) is 11.3 Å². The Morgan fingerprint density at radius 3 is 1.69 bits per heavy atom. The first-order valence-corrected chi connectivity index (χ1v) is 24.3. The molecule has 0 radical (unpaired) electrons. The number of hydrogen-bond acceptors (Lipinski definition) is 3. The van der Waals surface area contributed by atoms with Crippen LogP contribution in [0.4, 0.5) is 17.1 Å². The Morgan fingerprint density at radius 1 is 0.426 bits per heavy atom. The average molecular weight is 888 g/mol. The van der Waals surface area contributed by atoms with Crippen molar-refractivity contribution in [3.8, 4) is 44.5 Å². The van der Waals surface area contributed by atoms with Crippen LogP contribution in [0.1, 0.15) is 22.9 Å². The highest BCUT2D eigenvalue weighted by Gasteiger charge is 2.23. The Kier molecular flexibility index (Phi) is 9.77. The zero-order chi connectivity index (χ0) is 45.1. The Hall–Kier alpha value is -8.24. The molecule has 322 valence electrons. The summed E-state index contributed by atoms with van der Waals surface area (Å²) in [5.74, 6) is 0.425. The summed E-state index contributed by atoms with van der Waals surface area (Å²) in [5.41, 5.74) is 18.8. The van der Waals surface area contributed by atoms with Crippen LogP contribution in [0.25, 0.3) is 99.0 Å². The Bertz CT molecular complexity index is 3870. The monoisotopic (exact) mass is 887 g/mol. The average Bonchev–Trinajstić information content (AvgIpc) is 3.97. The number of furan rings is 1. The van der Waals surface area contributed by atoms with E-state index in [9.17, 15) is 0 Å². The number of thiophene rings is 1. The molecule has 1 aliphatic rings. The van der Waals surface area contributed by atoms with Crippen LogP contribution in [-0.2, 0) is 6.42 Å². The predicted molar refractivity (Wildman–Crippen MR) is 290 cm³/mol. The van der Waals surface area contributed by atoms with Gasteiger partial charge in [-0.2, -0.15) is 0 Å². The molecule has 0 N–H and O–H groups in total. The Morgan fingerprint density at radius 2 is 0.956 bits per heavy atom. The third kappa shape index (κ3) is 7.11.